The highest BCUT2D eigenvalue weighted by Crippen LogP contribution is 2.28. The Balaban J connectivity index is 1.60. The standard InChI is InChI=1S/C16H21F3N6O2/c1-15(2,3)20-14(26)24-7-6-10(8-24)9-27-12-5-4-11-21-22-13(16(17,18)19)25(11)23-12/h4-5,10H,6-9H2,1-3H3,(H,20,26). The first-order valence-corrected chi connectivity index (χ1v) is 8.52. The van der Waals surface area contributed by atoms with Crippen LogP contribution in [0.2, 0.25) is 0 Å². The number of ether oxygens (including phenoxy) is 1. The first-order chi connectivity index (χ1) is 12.5. The third kappa shape index (κ3) is 4.58. The molecule has 1 aliphatic rings. The van der Waals surface area contributed by atoms with Crippen molar-refractivity contribution in [1.29, 1.82) is 0 Å². The van der Waals surface area contributed by atoms with Crippen LogP contribution in [0.25, 0.3) is 5.65 Å². The predicted molar refractivity (Wildman–Crippen MR) is 89.2 cm³/mol. The SMILES string of the molecule is CC(C)(C)NC(=O)N1CCC(COc2ccc3nnc(C(F)(F)F)n3n2)C1. The van der Waals surface area contributed by atoms with Gasteiger partial charge in [0.05, 0.1) is 6.61 Å². The highest BCUT2D eigenvalue weighted by Gasteiger charge is 2.37. The Kier molecular flexibility index (Phi) is 4.87. The minimum Gasteiger partial charge on any atom is -0.476 e. The molecule has 8 nitrogen and oxygen atoms in total. The van der Waals surface area contributed by atoms with Crippen molar-refractivity contribution in [2.75, 3.05) is 19.7 Å². The first-order valence-electron chi connectivity index (χ1n) is 8.52. The van der Waals surface area contributed by atoms with E-state index in [0.717, 1.165) is 6.42 Å². The summed E-state index contributed by atoms with van der Waals surface area (Å²) >= 11 is 0. The molecule has 1 unspecified atom stereocenters. The third-order valence-corrected chi connectivity index (χ3v) is 4.01. The van der Waals surface area contributed by atoms with E-state index in [9.17, 15) is 18.0 Å². The lowest BCUT2D eigenvalue weighted by atomic mass is 10.1. The molecular weight excluding hydrogens is 365 g/mol. The minimum absolute atomic E-state index is 0.0134. The van der Waals surface area contributed by atoms with E-state index >= 15 is 0 Å². The number of nitrogens with one attached hydrogen (secondary N) is 1. The van der Waals surface area contributed by atoms with Gasteiger partial charge in [-0.3, -0.25) is 0 Å². The molecule has 0 aromatic carbocycles. The van der Waals surface area contributed by atoms with E-state index in [2.05, 4.69) is 20.6 Å². The lowest BCUT2D eigenvalue weighted by molar-refractivity contribution is -0.146. The minimum atomic E-state index is -4.66. The van der Waals surface area contributed by atoms with Crippen LogP contribution in [0.15, 0.2) is 12.1 Å². The number of carbonyl (C=O) groups is 1. The van der Waals surface area contributed by atoms with Gasteiger partial charge < -0.3 is 15.0 Å². The second-order valence-corrected chi connectivity index (χ2v) is 7.55. The summed E-state index contributed by atoms with van der Waals surface area (Å²) in [5, 5.41) is 13.3. The summed E-state index contributed by atoms with van der Waals surface area (Å²) in [6, 6.07) is 2.68. The molecule has 1 fully saturated rings. The lowest BCUT2D eigenvalue weighted by Crippen LogP contribution is -2.47. The number of alkyl halides is 3. The second kappa shape index (κ2) is 6.86. The van der Waals surface area contributed by atoms with Crippen LogP contribution < -0.4 is 10.1 Å². The van der Waals surface area contributed by atoms with E-state index in [1.54, 1.807) is 4.90 Å². The summed E-state index contributed by atoms with van der Waals surface area (Å²) in [6.07, 6.45) is -3.91. The van der Waals surface area contributed by atoms with Crippen molar-refractivity contribution in [3.63, 3.8) is 0 Å². The number of carbonyl (C=O) groups excluding carboxylic acids is 1. The van der Waals surface area contributed by atoms with Gasteiger partial charge in [0, 0.05) is 30.6 Å². The molecule has 27 heavy (non-hydrogen) atoms. The molecule has 3 rings (SSSR count). The van der Waals surface area contributed by atoms with Gasteiger partial charge in [0.1, 0.15) is 0 Å². The Labute approximate surface area is 153 Å². The van der Waals surface area contributed by atoms with Gasteiger partial charge in [0.2, 0.25) is 5.88 Å². The van der Waals surface area contributed by atoms with Crippen LogP contribution >= 0.6 is 0 Å². The summed E-state index contributed by atoms with van der Waals surface area (Å²) in [4.78, 5) is 13.9. The van der Waals surface area contributed by atoms with Crippen molar-refractivity contribution in [2.24, 2.45) is 5.92 Å². The van der Waals surface area contributed by atoms with Gasteiger partial charge in [-0.25, -0.2) is 4.79 Å². The summed E-state index contributed by atoms with van der Waals surface area (Å²) in [7, 11) is 0. The third-order valence-electron chi connectivity index (χ3n) is 4.01. The van der Waals surface area contributed by atoms with Crippen molar-refractivity contribution < 1.29 is 22.7 Å². The van der Waals surface area contributed by atoms with Gasteiger partial charge in [0.15, 0.2) is 5.65 Å². The molecule has 0 bridgehead atoms. The molecule has 0 spiro atoms. The number of amides is 2. The van der Waals surface area contributed by atoms with Crippen LogP contribution in [0.3, 0.4) is 0 Å². The monoisotopic (exact) mass is 386 g/mol. The van der Waals surface area contributed by atoms with Gasteiger partial charge >= 0.3 is 12.2 Å². The number of urea groups is 1. The Morgan fingerprint density at radius 3 is 2.70 bits per heavy atom. The number of rotatable bonds is 3. The maximum Gasteiger partial charge on any atom is 0.453 e. The van der Waals surface area contributed by atoms with Crippen LogP contribution in [0, 0.1) is 5.92 Å². The predicted octanol–water partition coefficient (Wildman–Crippen LogP) is 2.35. The first kappa shape index (κ1) is 19.2. The Hall–Kier alpha value is -2.59. The Morgan fingerprint density at radius 2 is 2.04 bits per heavy atom. The smallest absolute Gasteiger partial charge is 0.453 e. The van der Waals surface area contributed by atoms with Gasteiger partial charge in [-0.05, 0) is 33.3 Å². The van der Waals surface area contributed by atoms with Crippen LogP contribution in [0.5, 0.6) is 5.88 Å². The molecule has 0 aliphatic carbocycles. The summed E-state index contributed by atoms with van der Waals surface area (Å²) in [5.41, 5.74) is -0.333. The summed E-state index contributed by atoms with van der Waals surface area (Å²) in [5.74, 6) is -1.07. The van der Waals surface area contributed by atoms with E-state index in [1.165, 1.54) is 12.1 Å². The van der Waals surface area contributed by atoms with Crippen molar-refractivity contribution in [3.05, 3.63) is 18.0 Å². The van der Waals surface area contributed by atoms with Crippen LogP contribution in [-0.4, -0.2) is 56.0 Å². The zero-order chi connectivity index (χ0) is 19.8. The van der Waals surface area contributed by atoms with Crippen LogP contribution in [0.1, 0.15) is 33.0 Å². The normalized spacial score (nSPS) is 18.1. The van der Waals surface area contributed by atoms with Gasteiger partial charge in [-0.1, -0.05) is 0 Å². The number of hydrogen-bond acceptors (Lipinski definition) is 5. The molecule has 3 heterocycles. The largest absolute Gasteiger partial charge is 0.476 e. The van der Waals surface area contributed by atoms with Crippen molar-refractivity contribution in [3.8, 4) is 5.88 Å². The number of hydrogen-bond donors (Lipinski definition) is 1. The number of fused-ring (bicyclic) bond motifs is 1. The zero-order valence-corrected chi connectivity index (χ0v) is 15.2. The summed E-state index contributed by atoms with van der Waals surface area (Å²) in [6.45, 7) is 7.09. The molecule has 1 aliphatic heterocycles. The lowest BCUT2D eigenvalue weighted by Gasteiger charge is -2.25. The maximum atomic E-state index is 12.9. The Morgan fingerprint density at radius 1 is 1.30 bits per heavy atom. The van der Waals surface area contributed by atoms with Crippen molar-refractivity contribution in [1.82, 2.24) is 30.0 Å². The average molecular weight is 386 g/mol. The zero-order valence-electron chi connectivity index (χ0n) is 15.2. The van der Waals surface area contributed by atoms with E-state index in [1.807, 2.05) is 20.8 Å². The Bertz CT molecular complexity index is 830. The number of nitrogens with zero attached hydrogens (tertiary/aromatic N) is 5. The van der Waals surface area contributed by atoms with Crippen molar-refractivity contribution >= 4 is 11.7 Å². The van der Waals surface area contributed by atoms with E-state index in [-0.39, 0.29) is 35.6 Å². The molecule has 2 amide bonds. The number of likely N-dealkylation sites (tertiary alicyclic amines) is 1. The fourth-order valence-electron chi connectivity index (χ4n) is 2.78. The molecule has 0 radical (unpaired) electrons. The molecule has 1 saturated heterocycles. The highest BCUT2D eigenvalue weighted by atomic mass is 19.4. The van der Waals surface area contributed by atoms with Gasteiger partial charge in [-0.15, -0.1) is 15.3 Å². The number of halogens is 3. The van der Waals surface area contributed by atoms with E-state index in [0.29, 0.717) is 17.6 Å². The van der Waals surface area contributed by atoms with Gasteiger partial charge in [-0.2, -0.15) is 17.7 Å². The van der Waals surface area contributed by atoms with Crippen molar-refractivity contribution in [2.45, 2.75) is 38.9 Å². The topological polar surface area (TPSA) is 84.7 Å². The molecule has 0 saturated carbocycles. The second-order valence-electron chi connectivity index (χ2n) is 7.55. The molecular formula is C16H21F3N6O2. The number of aromatic nitrogens is 4. The molecule has 11 heteroatoms. The van der Waals surface area contributed by atoms with Crippen LogP contribution in [-0.2, 0) is 6.18 Å². The maximum absolute atomic E-state index is 12.9. The highest BCUT2D eigenvalue weighted by molar-refractivity contribution is 5.75. The summed E-state index contributed by atoms with van der Waals surface area (Å²) < 4.78 is 44.9. The quantitative estimate of drug-likeness (QED) is 0.875. The fraction of sp³-hybridized carbons (Fsp3) is 0.625. The molecule has 1 atom stereocenters. The molecule has 2 aromatic rings. The molecule has 148 valence electrons. The molecule has 2 aromatic heterocycles. The average Bonchev–Trinajstić information content (AvgIpc) is 3.17. The van der Waals surface area contributed by atoms with E-state index < -0.39 is 12.0 Å². The van der Waals surface area contributed by atoms with Gasteiger partial charge in [0.25, 0.3) is 5.82 Å². The van der Waals surface area contributed by atoms with Crippen LogP contribution in [0.4, 0.5) is 18.0 Å². The molecule has 1 N–H and O–H groups in total. The fourth-order valence-corrected chi connectivity index (χ4v) is 2.78. The van der Waals surface area contributed by atoms with E-state index in [4.69, 9.17) is 4.74 Å².